The van der Waals surface area contributed by atoms with Gasteiger partial charge in [0.15, 0.2) is 0 Å². The molecule has 9 heteroatoms. The lowest BCUT2D eigenvalue weighted by Crippen LogP contribution is -2.42. The Balaban J connectivity index is 0.00000220. The van der Waals surface area contributed by atoms with Crippen LogP contribution in [0.15, 0.2) is 0 Å². The smallest absolute Gasteiger partial charge is 0.355 e. The molecular formula is C13H24Cl2F3N3O. The van der Waals surface area contributed by atoms with Crippen molar-refractivity contribution in [2.75, 3.05) is 39.3 Å². The van der Waals surface area contributed by atoms with Crippen molar-refractivity contribution in [1.29, 1.82) is 0 Å². The molecule has 0 aromatic heterocycles. The Bertz CT molecular complexity index is 339. The molecule has 0 aromatic carbocycles. The second kappa shape index (κ2) is 9.80. The summed E-state index contributed by atoms with van der Waals surface area (Å²) in [5.74, 6) is 0.181. The number of rotatable bonds is 4. The van der Waals surface area contributed by atoms with E-state index in [2.05, 4.69) is 10.6 Å². The van der Waals surface area contributed by atoms with Gasteiger partial charge in [0, 0.05) is 19.6 Å². The maximum Gasteiger partial charge on any atom is 0.401 e. The molecule has 2 unspecified atom stereocenters. The summed E-state index contributed by atoms with van der Waals surface area (Å²) in [6.07, 6.45) is -1.52. The van der Waals surface area contributed by atoms with Crippen LogP contribution in [0, 0.1) is 11.8 Å². The van der Waals surface area contributed by atoms with E-state index in [4.69, 9.17) is 0 Å². The van der Waals surface area contributed by atoms with Gasteiger partial charge in [0.1, 0.15) is 0 Å². The molecule has 2 rings (SSSR count). The zero-order valence-corrected chi connectivity index (χ0v) is 14.0. The molecular weight excluding hydrogens is 342 g/mol. The van der Waals surface area contributed by atoms with Crippen LogP contribution in [0.3, 0.4) is 0 Å². The third-order valence-electron chi connectivity index (χ3n) is 4.01. The minimum atomic E-state index is -4.13. The van der Waals surface area contributed by atoms with E-state index < -0.39 is 12.7 Å². The van der Waals surface area contributed by atoms with Crippen LogP contribution in [-0.2, 0) is 4.79 Å². The number of halogens is 5. The Morgan fingerprint density at radius 2 is 2.00 bits per heavy atom. The van der Waals surface area contributed by atoms with Gasteiger partial charge in [0.05, 0.1) is 12.5 Å². The van der Waals surface area contributed by atoms with Crippen LogP contribution in [0.2, 0.25) is 0 Å². The van der Waals surface area contributed by atoms with Crippen LogP contribution in [0.5, 0.6) is 0 Å². The average molecular weight is 366 g/mol. The largest absolute Gasteiger partial charge is 0.401 e. The third kappa shape index (κ3) is 7.35. The summed E-state index contributed by atoms with van der Waals surface area (Å²) in [5.41, 5.74) is 0. The summed E-state index contributed by atoms with van der Waals surface area (Å²) >= 11 is 0. The molecule has 2 fully saturated rings. The molecule has 4 nitrogen and oxygen atoms in total. The summed E-state index contributed by atoms with van der Waals surface area (Å²) in [4.78, 5) is 13.3. The molecule has 2 heterocycles. The number of likely N-dealkylation sites (tertiary alicyclic amines) is 1. The van der Waals surface area contributed by atoms with Crippen LogP contribution in [0.4, 0.5) is 13.2 Å². The van der Waals surface area contributed by atoms with Gasteiger partial charge in [-0.2, -0.15) is 13.2 Å². The lowest BCUT2D eigenvalue weighted by Gasteiger charge is -2.23. The van der Waals surface area contributed by atoms with Crippen molar-refractivity contribution in [2.24, 2.45) is 11.8 Å². The van der Waals surface area contributed by atoms with Crippen molar-refractivity contribution < 1.29 is 18.0 Å². The zero-order chi connectivity index (χ0) is 14.6. The Hall–Kier alpha value is -0.240. The van der Waals surface area contributed by atoms with E-state index in [1.807, 2.05) is 0 Å². The number of alkyl halides is 3. The first-order valence-corrected chi connectivity index (χ1v) is 7.21. The van der Waals surface area contributed by atoms with Gasteiger partial charge in [0.2, 0.25) is 5.91 Å². The SMILES string of the molecule is Cl.Cl.O=C(NCC1CCN(CC(F)(F)F)C1)C1CCCNC1. The summed E-state index contributed by atoms with van der Waals surface area (Å²) in [7, 11) is 0. The minimum Gasteiger partial charge on any atom is -0.355 e. The topological polar surface area (TPSA) is 44.4 Å². The standard InChI is InChI=1S/C13H22F3N3O.2ClH/c14-13(15,16)9-19-5-3-10(8-19)6-18-12(20)11-2-1-4-17-7-11;;/h10-11,17H,1-9H2,(H,18,20);2*1H. The fraction of sp³-hybridized carbons (Fsp3) is 0.923. The van der Waals surface area contributed by atoms with E-state index in [-0.39, 0.29) is 42.6 Å². The van der Waals surface area contributed by atoms with Gasteiger partial charge in [-0.3, -0.25) is 9.69 Å². The van der Waals surface area contributed by atoms with Crippen molar-refractivity contribution in [1.82, 2.24) is 15.5 Å². The van der Waals surface area contributed by atoms with Gasteiger partial charge in [0.25, 0.3) is 0 Å². The number of hydrogen-bond donors (Lipinski definition) is 2. The highest BCUT2D eigenvalue weighted by Crippen LogP contribution is 2.22. The molecule has 0 spiro atoms. The maximum absolute atomic E-state index is 12.3. The normalized spacial score (nSPS) is 26.0. The van der Waals surface area contributed by atoms with Crippen molar-refractivity contribution in [2.45, 2.75) is 25.4 Å². The average Bonchev–Trinajstić information content (AvgIpc) is 2.82. The summed E-state index contributed by atoms with van der Waals surface area (Å²) < 4.78 is 36.8. The van der Waals surface area contributed by atoms with Gasteiger partial charge in [-0.1, -0.05) is 0 Å². The number of carbonyl (C=O) groups is 1. The van der Waals surface area contributed by atoms with Gasteiger partial charge < -0.3 is 10.6 Å². The molecule has 132 valence electrons. The molecule has 0 bridgehead atoms. The first-order chi connectivity index (χ1) is 9.44. The molecule has 0 radical (unpaired) electrons. The Morgan fingerprint density at radius 3 is 2.59 bits per heavy atom. The quantitative estimate of drug-likeness (QED) is 0.798. The van der Waals surface area contributed by atoms with Crippen molar-refractivity contribution >= 4 is 30.7 Å². The molecule has 2 saturated heterocycles. The molecule has 0 aliphatic carbocycles. The first-order valence-electron chi connectivity index (χ1n) is 7.21. The van der Waals surface area contributed by atoms with Crippen LogP contribution in [0.1, 0.15) is 19.3 Å². The molecule has 2 atom stereocenters. The van der Waals surface area contributed by atoms with E-state index >= 15 is 0 Å². The lowest BCUT2D eigenvalue weighted by atomic mass is 9.98. The Labute approximate surface area is 141 Å². The van der Waals surface area contributed by atoms with Crippen LogP contribution in [0.25, 0.3) is 0 Å². The molecule has 2 N–H and O–H groups in total. The predicted molar refractivity (Wildman–Crippen MR) is 83.7 cm³/mol. The molecule has 0 aromatic rings. The van der Waals surface area contributed by atoms with Gasteiger partial charge >= 0.3 is 6.18 Å². The second-order valence-corrected chi connectivity index (χ2v) is 5.79. The third-order valence-corrected chi connectivity index (χ3v) is 4.01. The van der Waals surface area contributed by atoms with E-state index in [1.54, 1.807) is 0 Å². The van der Waals surface area contributed by atoms with E-state index in [0.29, 0.717) is 26.2 Å². The Kier molecular flexibility index (Phi) is 9.69. The predicted octanol–water partition coefficient (Wildman–Crippen LogP) is 1.83. The van der Waals surface area contributed by atoms with Crippen molar-refractivity contribution in [3.63, 3.8) is 0 Å². The fourth-order valence-corrected chi connectivity index (χ4v) is 2.94. The highest BCUT2D eigenvalue weighted by molar-refractivity contribution is 5.85. The molecule has 1 amide bonds. The van der Waals surface area contributed by atoms with E-state index in [9.17, 15) is 18.0 Å². The highest BCUT2D eigenvalue weighted by atomic mass is 35.5. The number of hydrogen-bond acceptors (Lipinski definition) is 3. The molecule has 2 aliphatic heterocycles. The van der Waals surface area contributed by atoms with Crippen LogP contribution >= 0.6 is 24.8 Å². The summed E-state index contributed by atoms with van der Waals surface area (Å²) in [6.45, 7) is 2.19. The molecule has 2 aliphatic rings. The van der Waals surface area contributed by atoms with Gasteiger partial charge in [-0.05, 0) is 38.3 Å². The summed E-state index contributed by atoms with van der Waals surface area (Å²) in [6, 6.07) is 0. The number of carbonyl (C=O) groups excluding carboxylic acids is 1. The minimum absolute atomic E-state index is 0. The van der Waals surface area contributed by atoms with E-state index in [1.165, 1.54) is 4.90 Å². The number of amides is 1. The lowest BCUT2D eigenvalue weighted by molar-refractivity contribution is -0.143. The van der Waals surface area contributed by atoms with Crippen molar-refractivity contribution in [3.05, 3.63) is 0 Å². The van der Waals surface area contributed by atoms with Crippen LogP contribution in [-0.4, -0.2) is 56.3 Å². The first kappa shape index (κ1) is 21.8. The number of nitrogens with one attached hydrogen (secondary N) is 2. The number of piperidine rings is 1. The Morgan fingerprint density at radius 1 is 1.27 bits per heavy atom. The molecule has 22 heavy (non-hydrogen) atoms. The van der Waals surface area contributed by atoms with Crippen LogP contribution < -0.4 is 10.6 Å². The van der Waals surface area contributed by atoms with Crippen molar-refractivity contribution in [3.8, 4) is 0 Å². The monoisotopic (exact) mass is 365 g/mol. The number of nitrogens with zero attached hydrogens (tertiary/aromatic N) is 1. The highest BCUT2D eigenvalue weighted by Gasteiger charge is 2.34. The zero-order valence-electron chi connectivity index (χ0n) is 12.3. The maximum atomic E-state index is 12.3. The van der Waals surface area contributed by atoms with Gasteiger partial charge in [-0.15, -0.1) is 24.8 Å². The molecule has 0 saturated carbocycles. The van der Waals surface area contributed by atoms with E-state index in [0.717, 1.165) is 25.8 Å². The fourth-order valence-electron chi connectivity index (χ4n) is 2.94. The van der Waals surface area contributed by atoms with Gasteiger partial charge in [-0.25, -0.2) is 0 Å². The summed E-state index contributed by atoms with van der Waals surface area (Å²) in [5, 5.41) is 6.07. The second-order valence-electron chi connectivity index (χ2n) is 5.79.